The molecule has 1 aliphatic heterocycles. The van der Waals surface area contributed by atoms with Gasteiger partial charge in [0.2, 0.25) is 0 Å². The molecule has 0 atom stereocenters. The minimum Gasteiger partial charge on any atom is -0.322 e. The van der Waals surface area contributed by atoms with Crippen molar-refractivity contribution < 1.29 is 4.79 Å². The van der Waals surface area contributed by atoms with E-state index in [4.69, 9.17) is 0 Å². The van der Waals surface area contributed by atoms with E-state index in [1.807, 2.05) is 35.2 Å². The summed E-state index contributed by atoms with van der Waals surface area (Å²) in [6.45, 7) is 4.17. The number of carbonyl (C=O) groups excluding carboxylic acids is 1. The number of benzene rings is 2. The third-order valence-corrected chi connectivity index (χ3v) is 5.95. The Morgan fingerprint density at radius 1 is 0.960 bits per heavy atom. The molecular weight excluding hydrogens is 469 g/mol. The fraction of sp³-hybridized carbons (Fsp3) is 0.278. The molecule has 4 nitrogen and oxygen atoms in total. The maximum atomic E-state index is 12.3. The van der Waals surface area contributed by atoms with E-state index < -0.39 is 0 Å². The van der Waals surface area contributed by atoms with Gasteiger partial charge in [-0.1, -0.05) is 24.3 Å². The van der Waals surface area contributed by atoms with E-state index in [1.165, 1.54) is 5.56 Å². The van der Waals surface area contributed by atoms with Crippen LogP contribution in [-0.2, 0) is 6.54 Å². The Bertz CT molecular complexity index is 707. The van der Waals surface area contributed by atoms with Crippen LogP contribution in [0, 0.1) is 0 Å². The molecule has 1 saturated heterocycles. The molecule has 134 valence electrons. The normalized spacial score (nSPS) is 14.7. The number of carbonyl (C=O) groups is 1. The average molecular weight is 490 g/mol. The second-order valence-electron chi connectivity index (χ2n) is 5.81. The third kappa shape index (κ3) is 5.71. The van der Waals surface area contributed by atoms with Gasteiger partial charge in [-0.05, 0) is 61.7 Å². The van der Waals surface area contributed by atoms with Crippen LogP contribution in [0.15, 0.2) is 57.5 Å². The molecule has 1 N–H and O–H groups in total. The van der Waals surface area contributed by atoms with Crippen molar-refractivity contribution in [3.63, 3.8) is 0 Å². The molecule has 2 aromatic rings. The van der Waals surface area contributed by atoms with Crippen molar-refractivity contribution in [3.05, 3.63) is 63.0 Å². The first-order chi connectivity index (χ1) is 11.6. The van der Waals surface area contributed by atoms with Crippen LogP contribution < -0.4 is 5.32 Å². The van der Waals surface area contributed by atoms with E-state index >= 15 is 0 Å². The van der Waals surface area contributed by atoms with Gasteiger partial charge in [0.05, 0.1) is 0 Å². The quantitative estimate of drug-likeness (QED) is 0.660. The average Bonchev–Trinajstić information content (AvgIpc) is 2.60. The van der Waals surface area contributed by atoms with Crippen LogP contribution in [0.5, 0.6) is 0 Å². The molecule has 2 amide bonds. The standard InChI is InChI=1S/C18H19Br2N3O.ClH/c19-16-7-6-14(12-17(16)20)13-22-8-10-23(11-9-22)18(24)21-15-4-2-1-3-5-15;/h1-7,12H,8-11,13H2,(H,21,24);1H. The highest BCUT2D eigenvalue weighted by Crippen LogP contribution is 2.24. The second-order valence-corrected chi connectivity index (χ2v) is 7.52. The van der Waals surface area contributed by atoms with Crippen molar-refractivity contribution in [1.82, 2.24) is 9.80 Å². The monoisotopic (exact) mass is 487 g/mol. The zero-order valence-electron chi connectivity index (χ0n) is 13.6. The van der Waals surface area contributed by atoms with Crippen LogP contribution >= 0.6 is 44.3 Å². The molecule has 0 aromatic heterocycles. The van der Waals surface area contributed by atoms with E-state index in [1.54, 1.807) is 0 Å². The number of piperazine rings is 1. The number of hydrogen-bond acceptors (Lipinski definition) is 2. The van der Waals surface area contributed by atoms with Gasteiger partial charge in [-0.25, -0.2) is 4.79 Å². The predicted octanol–water partition coefficient (Wildman–Crippen LogP) is 4.98. The van der Waals surface area contributed by atoms with Gasteiger partial charge in [0.15, 0.2) is 0 Å². The van der Waals surface area contributed by atoms with Crippen molar-refractivity contribution >= 4 is 56.0 Å². The van der Waals surface area contributed by atoms with Crippen LogP contribution in [0.25, 0.3) is 0 Å². The Morgan fingerprint density at radius 3 is 2.28 bits per heavy atom. The number of anilines is 1. The van der Waals surface area contributed by atoms with Crippen LogP contribution in [-0.4, -0.2) is 42.0 Å². The topological polar surface area (TPSA) is 35.6 Å². The summed E-state index contributed by atoms with van der Waals surface area (Å²) in [5.74, 6) is 0. The molecule has 0 radical (unpaired) electrons. The molecule has 1 fully saturated rings. The number of urea groups is 1. The van der Waals surface area contributed by atoms with Gasteiger partial charge in [-0.2, -0.15) is 0 Å². The Hall–Kier alpha value is -1.08. The van der Waals surface area contributed by atoms with Crippen molar-refractivity contribution in [1.29, 1.82) is 0 Å². The smallest absolute Gasteiger partial charge is 0.321 e. The van der Waals surface area contributed by atoms with Gasteiger partial charge in [0.1, 0.15) is 0 Å². The maximum absolute atomic E-state index is 12.3. The maximum Gasteiger partial charge on any atom is 0.321 e. The molecule has 0 bridgehead atoms. The number of nitrogens with zero attached hydrogens (tertiary/aromatic N) is 2. The highest BCUT2D eigenvalue weighted by molar-refractivity contribution is 9.13. The lowest BCUT2D eigenvalue weighted by Gasteiger charge is -2.34. The van der Waals surface area contributed by atoms with Gasteiger partial charge >= 0.3 is 6.03 Å². The minimum absolute atomic E-state index is 0. The first kappa shape index (κ1) is 20.2. The lowest BCUT2D eigenvalue weighted by Crippen LogP contribution is -2.49. The summed E-state index contributed by atoms with van der Waals surface area (Å²) < 4.78 is 2.13. The zero-order chi connectivity index (χ0) is 16.9. The summed E-state index contributed by atoms with van der Waals surface area (Å²) >= 11 is 7.04. The van der Waals surface area contributed by atoms with Gasteiger partial charge < -0.3 is 10.2 Å². The molecule has 7 heteroatoms. The first-order valence-electron chi connectivity index (χ1n) is 7.89. The van der Waals surface area contributed by atoms with E-state index in [2.05, 4.69) is 60.3 Å². The Kier molecular flexibility index (Phi) is 7.75. The highest BCUT2D eigenvalue weighted by Gasteiger charge is 2.21. The summed E-state index contributed by atoms with van der Waals surface area (Å²) in [6, 6.07) is 15.9. The number of para-hydroxylation sites is 1. The van der Waals surface area contributed by atoms with Crippen LogP contribution in [0.2, 0.25) is 0 Å². The molecule has 1 heterocycles. The minimum atomic E-state index is -0.0211. The summed E-state index contributed by atoms with van der Waals surface area (Å²) in [6.07, 6.45) is 0. The van der Waals surface area contributed by atoms with Crippen molar-refractivity contribution in [3.8, 4) is 0 Å². The molecule has 0 saturated carbocycles. The van der Waals surface area contributed by atoms with Crippen molar-refractivity contribution in [2.75, 3.05) is 31.5 Å². The molecule has 0 aliphatic carbocycles. The fourth-order valence-electron chi connectivity index (χ4n) is 2.73. The number of amides is 2. The molecule has 0 spiro atoms. The molecular formula is C18H20Br2ClN3O. The van der Waals surface area contributed by atoms with Gasteiger partial charge in [-0.15, -0.1) is 12.4 Å². The van der Waals surface area contributed by atoms with Gasteiger partial charge in [-0.3, -0.25) is 4.90 Å². The number of halogens is 3. The summed E-state index contributed by atoms with van der Waals surface area (Å²) in [5, 5.41) is 2.95. The zero-order valence-corrected chi connectivity index (χ0v) is 17.6. The molecule has 1 aliphatic rings. The summed E-state index contributed by atoms with van der Waals surface area (Å²) in [4.78, 5) is 16.6. The fourth-order valence-corrected chi connectivity index (χ4v) is 3.40. The van der Waals surface area contributed by atoms with Gasteiger partial charge in [0.25, 0.3) is 0 Å². The lowest BCUT2D eigenvalue weighted by atomic mass is 10.2. The Balaban J connectivity index is 0.00000225. The van der Waals surface area contributed by atoms with Gasteiger partial charge in [0, 0.05) is 47.4 Å². The van der Waals surface area contributed by atoms with Crippen LogP contribution in [0.1, 0.15) is 5.56 Å². The van der Waals surface area contributed by atoms with E-state index in [0.29, 0.717) is 0 Å². The summed E-state index contributed by atoms with van der Waals surface area (Å²) in [5.41, 5.74) is 2.11. The molecule has 0 unspecified atom stereocenters. The Morgan fingerprint density at radius 2 is 1.64 bits per heavy atom. The number of rotatable bonds is 3. The van der Waals surface area contributed by atoms with E-state index in [-0.39, 0.29) is 18.4 Å². The van der Waals surface area contributed by atoms with Crippen LogP contribution in [0.4, 0.5) is 10.5 Å². The Labute approximate surface area is 171 Å². The van der Waals surface area contributed by atoms with E-state index in [9.17, 15) is 4.79 Å². The highest BCUT2D eigenvalue weighted by atomic mass is 79.9. The largest absolute Gasteiger partial charge is 0.322 e. The van der Waals surface area contributed by atoms with Crippen LogP contribution in [0.3, 0.4) is 0 Å². The molecule has 2 aromatic carbocycles. The third-order valence-electron chi connectivity index (χ3n) is 4.07. The predicted molar refractivity (Wildman–Crippen MR) is 111 cm³/mol. The molecule has 3 rings (SSSR count). The molecule has 25 heavy (non-hydrogen) atoms. The van der Waals surface area contributed by atoms with Crippen molar-refractivity contribution in [2.24, 2.45) is 0 Å². The SMILES string of the molecule is Cl.O=C(Nc1ccccc1)N1CCN(Cc2ccc(Br)c(Br)c2)CC1. The van der Waals surface area contributed by atoms with Crippen molar-refractivity contribution in [2.45, 2.75) is 6.54 Å². The first-order valence-corrected chi connectivity index (χ1v) is 9.48. The number of nitrogens with one attached hydrogen (secondary N) is 1. The lowest BCUT2D eigenvalue weighted by molar-refractivity contribution is 0.143. The summed E-state index contributed by atoms with van der Waals surface area (Å²) in [7, 11) is 0. The van der Waals surface area contributed by atoms with E-state index in [0.717, 1.165) is 47.4 Å². The second kappa shape index (κ2) is 9.57. The number of hydrogen-bond donors (Lipinski definition) is 1.